The van der Waals surface area contributed by atoms with E-state index in [9.17, 15) is 27.6 Å². The van der Waals surface area contributed by atoms with Crippen LogP contribution in [0.25, 0.3) is 5.69 Å². The third-order valence-electron chi connectivity index (χ3n) is 4.14. The number of halogens is 3. The fourth-order valence-corrected chi connectivity index (χ4v) is 2.83. The fraction of sp³-hybridized carbons (Fsp3) is 0.0526. The van der Waals surface area contributed by atoms with Gasteiger partial charge in [0, 0.05) is 6.07 Å². The van der Waals surface area contributed by atoms with E-state index in [1.54, 1.807) is 6.07 Å². The lowest BCUT2D eigenvalue weighted by Gasteiger charge is -2.11. The van der Waals surface area contributed by atoms with Gasteiger partial charge < -0.3 is 4.84 Å². The molecule has 7 nitrogen and oxygen atoms in total. The lowest BCUT2D eigenvalue weighted by atomic mass is 10.1. The van der Waals surface area contributed by atoms with Crippen LogP contribution in [0.15, 0.2) is 60.7 Å². The van der Waals surface area contributed by atoms with Gasteiger partial charge in [0.15, 0.2) is 5.69 Å². The molecule has 10 heteroatoms. The van der Waals surface area contributed by atoms with E-state index >= 15 is 0 Å². The largest absolute Gasteiger partial charge is 0.433 e. The van der Waals surface area contributed by atoms with Crippen molar-refractivity contribution in [1.29, 1.82) is 0 Å². The first-order chi connectivity index (χ1) is 13.8. The van der Waals surface area contributed by atoms with Gasteiger partial charge in [0.25, 0.3) is 11.8 Å². The van der Waals surface area contributed by atoms with Crippen LogP contribution in [0.3, 0.4) is 0 Å². The zero-order valence-electron chi connectivity index (χ0n) is 14.4. The molecule has 29 heavy (non-hydrogen) atoms. The number of alkyl halides is 3. The minimum atomic E-state index is -4.81. The molecule has 2 amide bonds. The van der Waals surface area contributed by atoms with Crippen LogP contribution in [0.2, 0.25) is 0 Å². The summed E-state index contributed by atoms with van der Waals surface area (Å²) in [4.78, 5) is 41.6. The second kappa shape index (κ2) is 6.59. The predicted molar refractivity (Wildman–Crippen MR) is 90.9 cm³/mol. The molecule has 0 atom stereocenters. The number of hydrogen-bond acceptors (Lipinski definition) is 5. The zero-order chi connectivity index (χ0) is 20.8. The molecular weight excluding hydrogens is 391 g/mol. The Bertz CT molecular complexity index is 1100. The average molecular weight is 401 g/mol. The molecule has 1 aromatic heterocycles. The van der Waals surface area contributed by atoms with E-state index in [2.05, 4.69) is 5.10 Å². The number of imide groups is 1. The Morgan fingerprint density at radius 3 is 2.00 bits per heavy atom. The van der Waals surface area contributed by atoms with Gasteiger partial charge in [-0.1, -0.05) is 35.4 Å². The molecule has 1 aliphatic heterocycles. The van der Waals surface area contributed by atoms with Crippen LogP contribution in [-0.4, -0.2) is 32.6 Å². The van der Waals surface area contributed by atoms with E-state index < -0.39 is 35.3 Å². The standard InChI is InChI=1S/C19H10F3N3O4/c20-19(21,22)15-10-14(23-24(15)11-6-2-1-3-7-11)18(28)29-25-16(26)12-8-4-5-9-13(12)17(25)27/h1-10H. The maximum absolute atomic E-state index is 13.4. The van der Waals surface area contributed by atoms with Crippen molar-refractivity contribution in [3.05, 3.63) is 83.2 Å². The van der Waals surface area contributed by atoms with E-state index in [1.165, 1.54) is 48.5 Å². The Morgan fingerprint density at radius 1 is 0.897 bits per heavy atom. The Hall–Kier alpha value is -3.95. The summed E-state index contributed by atoms with van der Waals surface area (Å²) in [7, 11) is 0. The van der Waals surface area contributed by atoms with E-state index in [4.69, 9.17) is 4.84 Å². The molecule has 1 aliphatic rings. The number of carbonyl (C=O) groups excluding carboxylic acids is 3. The Morgan fingerprint density at radius 2 is 1.45 bits per heavy atom. The summed E-state index contributed by atoms with van der Waals surface area (Å²) in [6.45, 7) is 0. The Kier molecular flexibility index (Phi) is 4.18. The first-order valence-corrected chi connectivity index (χ1v) is 8.20. The van der Waals surface area contributed by atoms with Crippen LogP contribution in [0, 0.1) is 0 Å². The van der Waals surface area contributed by atoms with Gasteiger partial charge in [0.05, 0.1) is 16.8 Å². The number of nitrogens with zero attached hydrogens (tertiary/aromatic N) is 3. The highest BCUT2D eigenvalue weighted by Gasteiger charge is 2.41. The number of benzene rings is 2. The van der Waals surface area contributed by atoms with E-state index in [0.717, 1.165) is 0 Å². The first-order valence-electron chi connectivity index (χ1n) is 8.20. The second-order valence-electron chi connectivity index (χ2n) is 5.99. The predicted octanol–water partition coefficient (Wildman–Crippen LogP) is 3.26. The molecule has 2 heterocycles. The minimum absolute atomic E-state index is 0.0242. The van der Waals surface area contributed by atoms with Crippen LogP contribution >= 0.6 is 0 Å². The number of hydroxylamine groups is 2. The molecule has 0 unspecified atom stereocenters. The van der Waals surface area contributed by atoms with Gasteiger partial charge in [-0.3, -0.25) is 9.59 Å². The van der Waals surface area contributed by atoms with Gasteiger partial charge in [0.2, 0.25) is 0 Å². The van der Waals surface area contributed by atoms with Crippen molar-refractivity contribution in [2.24, 2.45) is 0 Å². The van der Waals surface area contributed by atoms with Crippen LogP contribution in [0.4, 0.5) is 13.2 Å². The van der Waals surface area contributed by atoms with Gasteiger partial charge >= 0.3 is 12.1 Å². The van der Waals surface area contributed by atoms with E-state index in [1.807, 2.05) is 0 Å². The molecule has 2 aromatic carbocycles. The molecule has 0 radical (unpaired) electrons. The molecule has 146 valence electrons. The molecule has 0 N–H and O–H groups in total. The van der Waals surface area contributed by atoms with Gasteiger partial charge in [-0.2, -0.15) is 18.3 Å². The van der Waals surface area contributed by atoms with Gasteiger partial charge in [-0.25, -0.2) is 9.48 Å². The zero-order valence-corrected chi connectivity index (χ0v) is 14.4. The summed E-state index contributed by atoms with van der Waals surface area (Å²) in [5.74, 6) is -3.16. The smallest absolute Gasteiger partial charge is 0.322 e. The van der Waals surface area contributed by atoms with Gasteiger partial charge in [-0.15, -0.1) is 0 Å². The highest BCUT2D eigenvalue weighted by molar-refractivity contribution is 6.21. The van der Waals surface area contributed by atoms with E-state index in [0.29, 0.717) is 10.7 Å². The first kappa shape index (κ1) is 18.4. The number of aromatic nitrogens is 2. The monoisotopic (exact) mass is 401 g/mol. The summed E-state index contributed by atoms with van der Waals surface area (Å²) in [6.07, 6.45) is -4.81. The number of fused-ring (bicyclic) bond motifs is 1. The third-order valence-corrected chi connectivity index (χ3v) is 4.14. The summed E-state index contributed by atoms with van der Waals surface area (Å²) in [6, 6.07) is 13.7. The van der Waals surface area contributed by atoms with Crippen LogP contribution < -0.4 is 0 Å². The highest BCUT2D eigenvalue weighted by atomic mass is 19.4. The Labute approximate surface area is 160 Å². The number of hydrogen-bond donors (Lipinski definition) is 0. The van der Waals surface area contributed by atoms with Crippen molar-refractivity contribution in [3.8, 4) is 5.69 Å². The normalized spacial score (nSPS) is 13.6. The summed E-state index contributed by atoms with van der Waals surface area (Å²) in [5.41, 5.74) is -1.80. The lowest BCUT2D eigenvalue weighted by Crippen LogP contribution is -2.32. The molecule has 4 rings (SSSR count). The molecule has 3 aromatic rings. The third kappa shape index (κ3) is 3.14. The maximum atomic E-state index is 13.4. The number of carbonyl (C=O) groups is 3. The number of rotatable bonds is 3. The molecular formula is C19H10F3N3O4. The second-order valence-corrected chi connectivity index (χ2v) is 5.99. The Balaban J connectivity index is 1.66. The van der Waals surface area contributed by atoms with Crippen LogP contribution in [0.5, 0.6) is 0 Å². The maximum Gasteiger partial charge on any atom is 0.433 e. The topological polar surface area (TPSA) is 81.5 Å². The van der Waals surface area contributed by atoms with Crippen molar-refractivity contribution in [1.82, 2.24) is 14.8 Å². The summed E-state index contributed by atoms with van der Waals surface area (Å²) >= 11 is 0. The van der Waals surface area contributed by atoms with E-state index in [-0.39, 0.29) is 21.9 Å². The van der Waals surface area contributed by atoms with Crippen LogP contribution in [-0.2, 0) is 11.0 Å². The molecule has 0 aliphatic carbocycles. The molecule has 0 fully saturated rings. The lowest BCUT2D eigenvalue weighted by molar-refractivity contribution is -0.142. The number of amides is 2. The molecule has 0 saturated heterocycles. The van der Waals surface area contributed by atoms with Crippen molar-refractivity contribution < 1.29 is 32.4 Å². The van der Waals surface area contributed by atoms with Crippen molar-refractivity contribution in [3.63, 3.8) is 0 Å². The van der Waals surface area contributed by atoms with Crippen LogP contribution in [0.1, 0.15) is 36.9 Å². The number of para-hydroxylation sites is 1. The van der Waals surface area contributed by atoms with Gasteiger partial charge in [-0.05, 0) is 24.3 Å². The van der Waals surface area contributed by atoms with Crippen molar-refractivity contribution in [2.45, 2.75) is 6.18 Å². The quantitative estimate of drug-likeness (QED) is 0.630. The van der Waals surface area contributed by atoms with Crippen molar-refractivity contribution >= 4 is 17.8 Å². The van der Waals surface area contributed by atoms with Crippen molar-refractivity contribution in [2.75, 3.05) is 0 Å². The highest BCUT2D eigenvalue weighted by Crippen LogP contribution is 2.32. The fourth-order valence-electron chi connectivity index (χ4n) is 2.83. The summed E-state index contributed by atoms with van der Waals surface area (Å²) in [5, 5.41) is 3.87. The molecule has 0 spiro atoms. The average Bonchev–Trinajstić information content (AvgIpc) is 3.26. The van der Waals surface area contributed by atoms with Gasteiger partial charge in [0.1, 0.15) is 5.69 Å². The summed E-state index contributed by atoms with van der Waals surface area (Å²) < 4.78 is 40.7. The molecule has 0 saturated carbocycles. The molecule has 0 bridgehead atoms. The minimum Gasteiger partial charge on any atom is -0.322 e. The SMILES string of the molecule is O=C(ON1C(=O)c2ccccc2C1=O)c1cc(C(F)(F)F)n(-c2ccccc2)n1.